The summed E-state index contributed by atoms with van der Waals surface area (Å²) >= 11 is 0. The lowest BCUT2D eigenvalue weighted by Gasteiger charge is -2.41. The molecule has 1 atom stereocenters. The molecule has 0 saturated heterocycles. The minimum atomic E-state index is -1.10. The van der Waals surface area contributed by atoms with E-state index in [0.29, 0.717) is 17.8 Å². The van der Waals surface area contributed by atoms with E-state index in [1.165, 1.54) is 4.90 Å². The van der Waals surface area contributed by atoms with Gasteiger partial charge in [-0.25, -0.2) is 0 Å². The smallest absolute Gasteiger partial charge is 0.313 e. The van der Waals surface area contributed by atoms with Gasteiger partial charge in [0.05, 0.1) is 17.3 Å². The highest BCUT2D eigenvalue weighted by atomic mass is 16.5. The summed E-state index contributed by atoms with van der Waals surface area (Å²) in [5.41, 5.74) is 0.900. The van der Waals surface area contributed by atoms with E-state index in [0.717, 1.165) is 5.56 Å². The van der Waals surface area contributed by atoms with Crippen LogP contribution in [-0.2, 0) is 19.1 Å². The minimum absolute atomic E-state index is 0.290. The van der Waals surface area contributed by atoms with E-state index >= 15 is 0 Å². The van der Waals surface area contributed by atoms with Crippen molar-refractivity contribution in [2.24, 2.45) is 0 Å². The van der Waals surface area contributed by atoms with Crippen molar-refractivity contribution in [1.29, 1.82) is 0 Å². The Hall–Kier alpha value is -3.15. The Labute approximate surface area is 164 Å². The molecule has 146 valence electrons. The van der Waals surface area contributed by atoms with E-state index in [-0.39, 0.29) is 5.91 Å². The van der Waals surface area contributed by atoms with Crippen molar-refractivity contribution in [3.05, 3.63) is 60.2 Å². The molecule has 0 aromatic heterocycles. The van der Waals surface area contributed by atoms with Crippen LogP contribution in [-0.4, -0.2) is 29.9 Å². The fourth-order valence-electron chi connectivity index (χ4n) is 3.42. The summed E-state index contributed by atoms with van der Waals surface area (Å²) in [5, 5.41) is 2.81. The molecule has 6 heteroatoms. The average molecular weight is 380 g/mol. The van der Waals surface area contributed by atoms with Gasteiger partial charge in [0.1, 0.15) is 5.54 Å². The molecule has 1 aliphatic heterocycles. The second-order valence-electron chi connectivity index (χ2n) is 7.24. The zero-order chi connectivity index (χ0) is 20.3. The summed E-state index contributed by atoms with van der Waals surface area (Å²) in [5.74, 6) is -1.61. The number of amides is 2. The number of nitrogens with one attached hydrogen (secondary N) is 1. The zero-order valence-electron chi connectivity index (χ0n) is 16.3. The normalized spacial score (nSPS) is 16.0. The molecule has 28 heavy (non-hydrogen) atoms. The molecule has 2 aromatic rings. The van der Waals surface area contributed by atoms with E-state index in [4.69, 9.17) is 4.74 Å². The van der Waals surface area contributed by atoms with Gasteiger partial charge in [0.15, 0.2) is 6.61 Å². The Kier molecular flexibility index (Phi) is 5.49. The minimum Gasteiger partial charge on any atom is -0.455 e. The fourth-order valence-corrected chi connectivity index (χ4v) is 3.42. The first-order valence-electron chi connectivity index (χ1n) is 9.31. The van der Waals surface area contributed by atoms with E-state index in [9.17, 15) is 14.4 Å². The number of para-hydroxylation sites is 2. The predicted octanol–water partition coefficient (Wildman–Crippen LogP) is 3.49. The third-order valence-corrected chi connectivity index (χ3v) is 4.99. The lowest BCUT2D eigenvalue weighted by Crippen LogP contribution is -2.59. The summed E-state index contributed by atoms with van der Waals surface area (Å²) in [6, 6.07) is 16.4. The highest BCUT2D eigenvalue weighted by Crippen LogP contribution is 2.36. The second-order valence-corrected chi connectivity index (χ2v) is 7.24. The summed E-state index contributed by atoms with van der Waals surface area (Å²) in [4.78, 5) is 39.4. The number of nitrogens with zero attached hydrogens (tertiary/aromatic N) is 1. The average Bonchev–Trinajstić information content (AvgIpc) is 2.68. The van der Waals surface area contributed by atoms with Gasteiger partial charge in [-0.05, 0) is 38.0 Å². The van der Waals surface area contributed by atoms with Crippen LogP contribution in [0.2, 0.25) is 0 Å². The van der Waals surface area contributed by atoms with Gasteiger partial charge in [-0.3, -0.25) is 19.3 Å². The van der Waals surface area contributed by atoms with Gasteiger partial charge in [0.2, 0.25) is 5.91 Å². The molecule has 0 spiro atoms. The standard InChI is InChI=1S/C22H24N2O4/c1-4-16(15-10-6-5-7-11-15)20(26)28-14-19(25)24-18-13-9-8-12-17(18)23-21(27)22(24,2)3/h5-13,16H,4,14H2,1-3H3,(H,23,27)/t16-/m0/s1. The summed E-state index contributed by atoms with van der Waals surface area (Å²) in [7, 11) is 0. The Balaban J connectivity index is 1.77. The van der Waals surface area contributed by atoms with Gasteiger partial charge >= 0.3 is 5.97 Å². The molecule has 0 fully saturated rings. The molecular weight excluding hydrogens is 356 g/mol. The van der Waals surface area contributed by atoms with Crippen LogP contribution in [0.5, 0.6) is 0 Å². The number of fused-ring (bicyclic) bond motifs is 1. The molecule has 1 N–H and O–H groups in total. The first-order chi connectivity index (χ1) is 13.4. The van der Waals surface area contributed by atoms with Crippen molar-refractivity contribution in [3.8, 4) is 0 Å². The van der Waals surface area contributed by atoms with E-state index in [1.807, 2.05) is 37.3 Å². The van der Waals surface area contributed by atoms with Gasteiger partial charge in [-0.2, -0.15) is 0 Å². The molecule has 1 heterocycles. The number of carbonyl (C=O) groups excluding carboxylic acids is 3. The molecular formula is C22H24N2O4. The second kappa shape index (κ2) is 7.84. The maximum atomic E-state index is 12.9. The SMILES string of the molecule is CC[C@H](C(=O)OCC(=O)N1c2ccccc2NC(=O)C1(C)C)c1ccccc1. The summed E-state index contributed by atoms with van der Waals surface area (Å²) < 4.78 is 5.35. The van der Waals surface area contributed by atoms with Gasteiger partial charge in [0.25, 0.3) is 5.91 Å². The molecule has 0 bridgehead atoms. The van der Waals surface area contributed by atoms with Crippen LogP contribution in [0.4, 0.5) is 11.4 Å². The fraction of sp³-hybridized carbons (Fsp3) is 0.318. The number of esters is 1. The quantitative estimate of drug-likeness (QED) is 0.806. The third-order valence-electron chi connectivity index (χ3n) is 4.99. The maximum absolute atomic E-state index is 12.9. The molecule has 6 nitrogen and oxygen atoms in total. The Morgan fingerprint density at radius 2 is 1.71 bits per heavy atom. The van der Waals surface area contributed by atoms with Crippen LogP contribution >= 0.6 is 0 Å². The maximum Gasteiger partial charge on any atom is 0.313 e. The van der Waals surface area contributed by atoms with E-state index < -0.39 is 29.9 Å². The van der Waals surface area contributed by atoms with Gasteiger partial charge in [-0.1, -0.05) is 49.4 Å². The van der Waals surface area contributed by atoms with Crippen molar-refractivity contribution >= 4 is 29.2 Å². The number of rotatable bonds is 5. The molecule has 2 aromatic carbocycles. The first-order valence-corrected chi connectivity index (χ1v) is 9.31. The molecule has 0 saturated carbocycles. The van der Waals surface area contributed by atoms with Crippen LogP contribution in [0.3, 0.4) is 0 Å². The van der Waals surface area contributed by atoms with Crippen molar-refractivity contribution in [3.63, 3.8) is 0 Å². The predicted molar refractivity (Wildman–Crippen MR) is 107 cm³/mol. The number of anilines is 2. The van der Waals surface area contributed by atoms with Crippen molar-refractivity contribution in [2.45, 2.75) is 38.6 Å². The molecule has 3 rings (SSSR count). The van der Waals surface area contributed by atoms with Crippen LogP contribution in [0.25, 0.3) is 0 Å². The number of hydrogen-bond acceptors (Lipinski definition) is 4. The summed E-state index contributed by atoms with van der Waals surface area (Å²) in [6.07, 6.45) is 0.567. The Bertz CT molecular complexity index is 892. The molecule has 2 amide bonds. The van der Waals surface area contributed by atoms with Crippen LogP contribution in [0.1, 0.15) is 38.7 Å². The van der Waals surface area contributed by atoms with Gasteiger partial charge in [0, 0.05) is 0 Å². The Morgan fingerprint density at radius 3 is 2.39 bits per heavy atom. The highest BCUT2D eigenvalue weighted by molar-refractivity contribution is 6.14. The number of ether oxygens (including phenoxy) is 1. The van der Waals surface area contributed by atoms with Crippen LogP contribution < -0.4 is 10.2 Å². The third kappa shape index (κ3) is 3.63. The topological polar surface area (TPSA) is 75.7 Å². The monoisotopic (exact) mass is 380 g/mol. The number of carbonyl (C=O) groups is 3. The Morgan fingerprint density at radius 1 is 1.07 bits per heavy atom. The number of hydrogen-bond donors (Lipinski definition) is 1. The molecule has 0 unspecified atom stereocenters. The van der Waals surface area contributed by atoms with Gasteiger partial charge in [-0.15, -0.1) is 0 Å². The van der Waals surface area contributed by atoms with E-state index in [1.54, 1.807) is 38.1 Å². The lowest BCUT2D eigenvalue weighted by molar-refractivity contribution is -0.149. The van der Waals surface area contributed by atoms with Crippen molar-refractivity contribution in [1.82, 2.24) is 0 Å². The van der Waals surface area contributed by atoms with Crippen molar-refractivity contribution in [2.75, 3.05) is 16.8 Å². The largest absolute Gasteiger partial charge is 0.455 e. The molecule has 1 aliphatic rings. The van der Waals surface area contributed by atoms with Crippen molar-refractivity contribution < 1.29 is 19.1 Å². The van der Waals surface area contributed by atoms with Crippen LogP contribution in [0, 0.1) is 0 Å². The van der Waals surface area contributed by atoms with Crippen LogP contribution in [0.15, 0.2) is 54.6 Å². The van der Waals surface area contributed by atoms with Gasteiger partial charge < -0.3 is 10.1 Å². The molecule has 0 radical (unpaired) electrons. The lowest BCUT2D eigenvalue weighted by atomic mass is 9.96. The van der Waals surface area contributed by atoms with E-state index in [2.05, 4.69) is 5.32 Å². The zero-order valence-corrected chi connectivity index (χ0v) is 16.3. The number of benzene rings is 2. The highest BCUT2D eigenvalue weighted by Gasteiger charge is 2.43. The molecule has 0 aliphatic carbocycles. The summed E-state index contributed by atoms with van der Waals surface area (Å²) in [6.45, 7) is 4.80. The first kappa shape index (κ1) is 19.6.